The van der Waals surface area contributed by atoms with Crippen molar-refractivity contribution in [3.8, 4) is 0 Å². The normalized spacial score (nSPS) is 21.8. The second kappa shape index (κ2) is 9.37. The zero-order valence-corrected chi connectivity index (χ0v) is 15.6. The largest absolute Gasteiger partial charge is 0.354 e. The van der Waals surface area contributed by atoms with E-state index in [1.165, 1.54) is 6.42 Å². The zero-order valence-electron chi connectivity index (χ0n) is 15.6. The summed E-state index contributed by atoms with van der Waals surface area (Å²) in [6, 6.07) is 0.109. The molecule has 2 rings (SSSR count). The summed E-state index contributed by atoms with van der Waals surface area (Å²) in [6.07, 6.45) is 3.73. The molecule has 6 heteroatoms. The van der Waals surface area contributed by atoms with E-state index in [9.17, 15) is 9.59 Å². The molecular weight excluding hydrogens is 304 g/mol. The molecule has 2 saturated heterocycles. The Morgan fingerprint density at radius 2 is 1.58 bits per heavy atom. The van der Waals surface area contributed by atoms with E-state index in [1.54, 1.807) is 0 Å². The van der Waals surface area contributed by atoms with Gasteiger partial charge in [0.15, 0.2) is 0 Å². The molecule has 0 spiro atoms. The minimum Gasteiger partial charge on any atom is -0.354 e. The number of carbonyl (C=O) groups excluding carboxylic acids is 2. The van der Waals surface area contributed by atoms with Crippen molar-refractivity contribution < 1.29 is 9.59 Å². The first-order valence-electron chi connectivity index (χ1n) is 9.44. The molecule has 6 nitrogen and oxygen atoms in total. The van der Waals surface area contributed by atoms with Gasteiger partial charge in [-0.3, -0.25) is 14.5 Å². The van der Waals surface area contributed by atoms with Crippen molar-refractivity contribution in [2.45, 2.75) is 45.6 Å². The summed E-state index contributed by atoms with van der Waals surface area (Å²) < 4.78 is 0. The van der Waals surface area contributed by atoms with Crippen LogP contribution in [0.4, 0.5) is 0 Å². The third-order valence-electron chi connectivity index (χ3n) is 5.01. The molecule has 0 saturated carbocycles. The van der Waals surface area contributed by atoms with Crippen LogP contribution in [0.1, 0.15) is 39.5 Å². The smallest absolute Gasteiger partial charge is 0.225 e. The number of hydrogen-bond acceptors (Lipinski definition) is 4. The second-order valence-electron chi connectivity index (χ2n) is 7.61. The molecule has 0 aromatic heterocycles. The molecule has 24 heavy (non-hydrogen) atoms. The lowest BCUT2D eigenvalue weighted by atomic mass is 10.0. The van der Waals surface area contributed by atoms with Crippen LogP contribution in [0.2, 0.25) is 0 Å². The fourth-order valence-electron chi connectivity index (χ4n) is 3.47. The summed E-state index contributed by atoms with van der Waals surface area (Å²) >= 11 is 0. The minimum absolute atomic E-state index is 0.0225. The number of rotatable bonds is 6. The Balaban J connectivity index is 1.93. The Bertz CT molecular complexity index is 413. The summed E-state index contributed by atoms with van der Waals surface area (Å²) in [7, 11) is 2.13. The van der Waals surface area contributed by atoms with E-state index in [0.29, 0.717) is 13.0 Å². The van der Waals surface area contributed by atoms with E-state index in [4.69, 9.17) is 0 Å². The number of piperazine rings is 1. The predicted octanol–water partition coefficient (Wildman–Crippen LogP) is 0.777. The van der Waals surface area contributed by atoms with E-state index in [0.717, 1.165) is 52.1 Å². The van der Waals surface area contributed by atoms with E-state index in [2.05, 4.69) is 22.2 Å². The van der Waals surface area contributed by atoms with Crippen molar-refractivity contribution in [1.29, 1.82) is 0 Å². The number of amides is 2. The molecular formula is C18H34N4O2. The lowest BCUT2D eigenvalue weighted by Gasteiger charge is -2.35. The zero-order chi connectivity index (χ0) is 17.5. The van der Waals surface area contributed by atoms with Crippen LogP contribution in [-0.4, -0.2) is 85.4 Å². The molecule has 138 valence electrons. The van der Waals surface area contributed by atoms with Gasteiger partial charge >= 0.3 is 0 Å². The SMILES string of the molecule is CC(C)NC(=O)[C@@H](CC(=O)N1CCCCC1)CN1CCN(C)CC1. The molecule has 1 atom stereocenters. The van der Waals surface area contributed by atoms with Crippen molar-refractivity contribution in [3.63, 3.8) is 0 Å². The van der Waals surface area contributed by atoms with Crippen LogP contribution >= 0.6 is 0 Å². The van der Waals surface area contributed by atoms with Crippen molar-refractivity contribution in [1.82, 2.24) is 20.0 Å². The summed E-state index contributed by atoms with van der Waals surface area (Å²) in [5.74, 6) is -0.0766. The third-order valence-corrected chi connectivity index (χ3v) is 5.01. The van der Waals surface area contributed by atoms with E-state index in [1.807, 2.05) is 18.7 Å². The molecule has 0 radical (unpaired) electrons. The Kier molecular flexibility index (Phi) is 7.49. The fourth-order valence-corrected chi connectivity index (χ4v) is 3.47. The van der Waals surface area contributed by atoms with Gasteiger partial charge in [0, 0.05) is 58.3 Å². The maximum atomic E-state index is 12.6. The summed E-state index contributed by atoms with van der Waals surface area (Å²) in [5, 5.41) is 3.00. The number of nitrogens with one attached hydrogen (secondary N) is 1. The van der Waals surface area contributed by atoms with E-state index < -0.39 is 0 Å². The van der Waals surface area contributed by atoms with Crippen LogP contribution in [0.5, 0.6) is 0 Å². The maximum Gasteiger partial charge on any atom is 0.225 e. The number of piperidine rings is 1. The highest BCUT2D eigenvalue weighted by molar-refractivity contribution is 5.86. The molecule has 0 bridgehead atoms. The van der Waals surface area contributed by atoms with Gasteiger partial charge in [0.2, 0.25) is 11.8 Å². The van der Waals surface area contributed by atoms with Gasteiger partial charge in [-0.15, -0.1) is 0 Å². The van der Waals surface area contributed by atoms with Crippen LogP contribution in [0.3, 0.4) is 0 Å². The van der Waals surface area contributed by atoms with Gasteiger partial charge in [-0.2, -0.15) is 0 Å². The number of likely N-dealkylation sites (tertiary alicyclic amines) is 1. The maximum absolute atomic E-state index is 12.6. The van der Waals surface area contributed by atoms with Crippen LogP contribution in [0, 0.1) is 5.92 Å². The number of nitrogens with zero attached hydrogens (tertiary/aromatic N) is 3. The Labute approximate surface area is 146 Å². The summed E-state index contributed by atoms with van der Waals surface area (Å²) in [6.45, 7) is 10.3. The molecule has 0 aromatic carbocycles. The van der Waals surface area contributed by atoms with Crippen LogP contribution in [0.15, 0.2) is 0 Å². The van der Waals surface area contributed by atoms with Gasteiger partial charge in [-0.1, -0.05) is 0 Å². The molecule has 2 heterocycles. The average molecular weight is 338 g/mol. The average Bonchev–Trinajstić information content (AvgIpc) is 2.56. The number of hydrogen-bond donors (Lipinski definition) is 1. The topological polar surface area (TPSA) is 55.9 Å². The first-order chi connectivity index (χ1) is 11.5. The molecule has 2 amide bonds. The lowest BCUT2D eigenvalue weighted by molar-refractivity contribution is -0.137. The molecule has 0 aromatic rings. The van der Waals surface area contributed by atoms with Gasteiger partial charge in [-0.25, -0.2) is 0 Å². The lowest BCUT2D eigenvalue weighted by Crippen LogP contribution is -2.49. The molecule has 2 fully saturated rings. The highest BCUT2D eigenvalue weighted by Gasteiger charge is 2.28. The van der Waals surface area contributed by atoms with Gasteiger partial charge in [-0.05, 0) is 40.2 Å². The minimum atomic E-state index is -0.245. The predicted molar refractivity (Wildman–Crippen MR) is 95.8 cm³/mol. The molecule has 2 aliphatic heterocycles. The van der Waals surface area contributed by atoms with Crippen molar-refractivity contribution in [3.05, 3.63) is 0 Å². The summed E-state index contributed by atoms with van der Waals surface area (Å²) in [4.78, 5) is 31.8. The summed E-state index contributed by atoms with van der Waals surface area (Å²) in [5.41, 5.74) is 0. The second-order valence-corrected chi connectivity index (χ2v) is 7.61. The Hall–Kier alpha value is -1.14. The first kappa shape index (κ1) is 19.2. The number of likely N-dealkylation sites (N-methyl/N-ethyl adjacent to an activating group) is 1. The fraction of sp³-hybridized carbons (Fsp3) is 0.889. The molecule has 2 aliphatic rings. The van der Waals surface area contributed by atoms with E-state index >= 15 is 0 Å². The van der Waals surface area contributed by atoms with Crippen LogP contribution in [-0.2, 0) is 9.59 Å². The number of carbonyl (C=O) groups is 2. The van der Waals surface area contributed by atoms with E-state index in [-0.39, 0.29) is 23.8 Å². The van der Waals surface area contributed by atoms with Crippen molar-refractivity contribution in [2.75, 3.05) is 52.9 Å². The van der Waals surface area contributed by atoms with Crippen molar-refractivity contribution in [2.24, 2.45) is 5.92 Å². The Morgan fingerprint density at radius 3 is 2.17 bits per heavy atom. The standard InChI is InChI=1S/C18H34N4O2/c1-15(2)19-18(24)16(14-21-11-9-20(3)10-12-21)13-17(23)22-7-5-4-6-8-22/h15-16H,4-14H2,1-3H3,(H,19,24)/t16-/m0/s1. The van der Waals surface area contributed by atoms with Gasteiger partial charge in [0.1, 0.15) is 0 Å². The van der Waals surface area contributed by atoms with Crippen LogP contribution < -0.4 is 5.32 Å². The third kappa shape index (κ3) is 6.06. The van der Waals surface area contributed by atoms with Gasteiger partial charge in [0.05, 0.1) is 5.92 Å². The highest BCUT2D eigenvalue weighted by atomic mass is 16.2. The monoisotopic (exact) mass is 338 g/mol. The molecule has 0 aliphatic carbocycles. The molecule has 0 unspecified atom stereocenters. The quantitative estimate of drug-likeness (QED) is 0.777. The first-order valence-corrected chi connectivity index (χ1v) is 9.44. The van der Waals surface area contributed by atoms with Crippen molar-refractivity contribution >= 4 is 11.8 Å². The van der Waals surface area contributed by atoms with Crippen LogP contribution in [0.25, 0.3) is 0 Å². The van der Waals surface area contributed by atoms with Gasteiger partial charge in [0.25, 0.3) is 0 Å². The highest BCUT2D eigenvalue weighted by Crippen LogP contribution is 2.15. The Morgan fingerprint density at radius 1 is 0.958 bits per heavy atom. The van der Waals surface area contributed by atoms with Gasteiger partial charge < -0.3 is 15.1 Å². The molecule has 1 N–H and O–H groups in total.